The lowest BCUT2D eigenvalue weighted by molar-refractivity contribution is 0.427. The molecule has 1 aliphatic carbocycles. The Kier molecular flexibility index (Phi) is 3.78. The highest BCUT2D eigenvalue weighted by atomic mass is 15.3. The molecule has 2 aliphatic rings. The molecule has 2 heterocycles. The van der Waals surface area contributed by atoms with Crippen molar-refractivity contribution >= 4 is 5.95 Å². The predicted molar refractivity (Wildman–Crippen MR) is 78.8 cm³/mol. The van der Waals surface area contributed by atoms with Crippen molar-refractivity contribution in [3.05, 3.63) is 11.9 Å². The van der Waals surface area contributed by atoms with E-state index < -0.39 is 0 Å². The first-order valence-corrected chi connectivity index (χ1v) is 7.88. The third-order valence-electron chi connectivity index (χ3n) is 4.37. The van der Waals surface area contributed by atoms with Crippen LogP contribution in [0.4, 0.5) is 5.95 Å². The van der Waals surface area contributed by atoms with E-state index >= 15 is 0 Å². The summed E-state index contributed by atoms with van der Waals surface area (Å²) in [6.45, 7) is 7.78. The van der Waals surface area contributed by atoms with Crippen LogP contribution in [0.1, 0.15) is 51.3 Å². The Morgan fingerprint density at radius 1 is 1.37 bits per heavy atom. The maximum Gasteiger partial charge on any atom is 0.206 e. The highest BCUT2D eigenvalue weighted by molar-refractivity contribution is 5.37. The smallest absolute Gasteiger partial charge is 0.206 e. The lowest BCUT2D eigenvalue weighted by atomic mass is 10.1. The third-order valence-corrected chi connectivity index (χ3v) is 4.37. The van der Waals surface area contributed by atoms with Crippen LogP contribution in [-0.2, 0) is 6.42 Å². The van der Waals surface area contributed by atoms with E-state index in [1.165, 1.54) is 43.9 Å². The molecule has 0 bridgehead atoms. The first-order chi connectivity index (χ1) is 9.33. The summed E-state index contributed by atoms with van der Waals surface area (Å²) < 4.78 is 2.44. The fraction of sp³-hybridized carbons (Fsp3) is 0.800. The molecule has 1 aromatic rings. The van der Waals surface area contributed by atoms with Crippen LogP contribution in [-0.4, -0.2) is 35.2 Å². The van der Waals surface area contributed by atoms with Gasteiger partial charge in [0, 0.05) is 31.4 Å². The molecule has 1 saturated carbocycles. The van der Waals surface area contributed by atoms with E-state index in [-0.39, 0.29) is 0 Å². The molecular weight excluding hydrogens is 236 g/mol. The summed E-state index contributed by atoms with van der Waals surface area (Å²) in [6, 6.07) is 1.33. The maximum atomic E-state index is 4.90. The van der Waals surface area contributed by atoms with E-state index in [1.54, 1.807) is 0 Å². The highest BCUT2D eigenvalue weighted by Crippen LogP contribution is 2.38. The van der Waals surface area contributed by atoms with Gasteiger partial charge >= 0.3 is 0 Å². The molecular formula is C15H26N4. The number of nitrogens with zero attached hydrogens (tertiary/aromatic N) is 3. The summed E-state index contributed by atoms with van der Waals surface area (Å²) in [5, 5.41) is 3.53. The van der Waals surface area contributed by atoms with E-state index in [0.29, 0.717) is 12.1 Å². The van der Waals surface area contributed by atoms with Crippen LogP contribution in [0.3, 0.4) is 0 Å². The number of aryl methyl sites for hydroxylation is 1. The normalized spacial score (nSPS) is 23.6. The number of aromatic nitrogens is 2. The van der Waals surface area contributed by atoms with Gasteiger partial charge in [-0.25, -0.2) is 4.98 Å². The van der Waals surface area contributed by atoms with Gasteiger partial charge < -0.3 is 14.8 Å². The number of piperidine rings is 1. The third kappa shape index (κ3) is 2.64. The van der Waals surface area contributed by atoms with Crippen molar-refractivity contribution in [3.63, 3.8) is 0 Å². The lowest BCUT2D eigenvalue weighted by Crippen LogP contribution is -2.47. The van der Waals surface area contributed by atoms with E-state index in [9.17, 15) is 0 Å². The number of nitrogens with one attached hydrogen (secondary N) is 1. The fourth-order valence-electron chi connectivity index (χ4n) is 3.10. The van der Waals surface area contributed by atoms with E-state index in [4.69, 9.17) is 4.98 Å². The Morgan fingerprint density at radius 2 is 2.21 bits per heavy atom. The molecule has 1 saturated heterocycles. The number of rotatable bonds is 5. The molecule has 1 aromatic heterocycles. The summed E-state index contributed by atoms with van der Waals surface area (Å²) in [5.74, 6) is 1.22. The second-order valence-electron chi connectivity index (χ2n) is 5.81. The van der Waals surface area contributed by atoms with Gasteiger partial charge in [0.05, 0.1) is 5.69 Å². The van der Waals surface area contributed by atoms with Gasteiger partial charge in [-0.15, -0.1) is 0 Å². The Labute approximate surface area is 116 Å². The van der Waals surface area contributed by atoms with Gasteiger partial charge in [0.2, 0.25) is 5.95 Å². The van der Waals surface area contributed by atoms with Gasteiger partial charge in [-0.2, -0.15) is 0 Å². The number of hydrogen-bond donors (Lipinski definition) is 1. The van der Waals surface area contributed by atoms with Crippen molar-refractivity contribution in [2.45, 2.75) is 58.0 Å². The van der Waals surface area contributed by atoms with Crippen LogP contribution in [0.25, 0.3) is 0 Å². The molecule has 4 heteroatoms. The van der Waals surface area contributed by atoms with Crippen molar-refractivity contribution < 1.29 is 0 Å². The molecule has 0 aromatic carbocycles. The van der Waals surface area contributed by atoms with E-state index in [1.807, 2.05) is 0 Å². The Bertz CT molecular complexity index is 416. The van der Waals surface area contributed by atoms with Crippen LogP contribution in [0, 0.1) is 0 Å². The van der Waals surface area contributed by atoms with Gasteiger partial charge in [-0.05, 0) is 45.6 Å². The topological polar surface area (TPSA) is 33.1 Å². The Morgan fingerprint density at radius 3 is 2.79 bits per heavy atom. The minimum absolute atomic E-state index is 0.614. The summed E-state index contributed by atoms with van der Waals surface area (Å²) in [5.41, 5.74) is 1.24. The van der Waals surface area contributed by atoms with Crippen molar-refractivity contribution in [1.82, 2.24) is 14.9 Å². The van der Waals surface area contributed by atoms with Crippen LogP contribution in [0.5, 0.6) is 0 Å². The zero-order valence-corrected chi connectivity index (χ0v) is 12.2. The number of anilines is 1. The summed E-state index contributed by atoms with van der Waals surface area (Å²) in [6.07, 6.45) is 8.55. The van der Waals surface area contributed by atoms with Gasteiger partial charge in [0.25, 0.3) is 0 Å². The number of imidazole rings is 1. The second kappa shape index (κ2) is 5.53. The van der Waals surface area contributed by atoms with Gasteiger partial charge in [-0.3, -0.25) is 0 Å². The quantitative estimate of drug-likeness (QED) is 0.884. The molecule has 19 heavy (non-hydrogen) atoms. The van der Waals surface area contributed by atoms with E-state index in [2.05, 4.69) is 34.8 Å². The molecule has 4 nitrogen and oxygen atoms in total. The molecule has 2 fully saturated rings. The Hall–Kier alpha value is -1.03. The Balaban J connectivity index is 1.86. The zero-order valence-electron chi connectivity index (χ0n) is 12.2. The molecule has 0 radical (unpaired) electrons. The van der Waals surface area contributed by atoms with E-state index in [0.717, 1.165) is 19.5 Å². The molecule has 0 spiro atoms. The molecule has 1 N–H and O–H groups in total. The fourth-order valence-corrected chi connectivity index (χ4v) is 3.10. The number of likely N-dealkylation sites (N-methyl/N-ethyl adjacent to an activating group) is 1. The van der Waals surface area contributed by atoms with Crippen molar-refractivity contribution in [2.24, 2.45) is 0 Å². The summed E-state index contributed by atoms with van der Waals surface area (Å²) in [4.78, 5) is 7.41. The van der Waals surface area contributed by atoms with Gasteiger partial charge in [-0.1, -0.05) is 6.92 Å². The molecule has 3 rings (SSSR count). The largest absolute Gasteiger partial charge is 0.338 e. The first kappa shape index (κ1) is 13.0. The van der Waals surface area contributed by atoms with Crippen LogP contribution in [0.2, 0.25) is 0 Å². The molecule has 1 atom stereocenters. The average Bonchev–Trinajstić information content (AvgIpc) is 3.22. The van der Waals surface area contributed by atoms with Gasteiger partial charge in [0.1, 0.15) is 0 Å². The van der Waals surface area contributed by atoms with Gasteiger partial charge in [0.15, 0.2) is 0 Å². The average molecular weight is 262 g/mol. The molecule has 1 aliphatic heterocycles. The SMILES string of the molecule is CCc1cn(C2CC2)c(N(CC)C2CCCNC2)n1. The number of hydrogen-bond acceptors (Lipinski definition) is 3. The maximum absolute atomic E-state index is 4.90. The molecule has 1 unspecified atom stereocenters. The molecule has 0 amide bonds. The zero-order chi connectivity index (χ0) is 13.2. The first-order valence-electron chi connectivity index (χ1n) is 7.88. The monoisotopic (exact) mass is 262 g/mol. The summed E-state index contributed by atoms with van der Waals surface area (Å²) >= 11 is 0. The highest BCUT2D eigenvalue weighted by Gasteiger charge is 2.30. The van der Waals surface area contributed by atoms with Crippen molar-refractivity contribution in [1.29, 1.82) is 0 Å². The summed E-state index contributed by atoms with van der Waals surface area (Å²) in [7, 11) is 0. The second-order valence-corrected chi connectivity index (χ2v) is 5.81. The molecule has 106 valence electrons. The lowest BCUT2D eigenvalue weighted by Gasteiger charge is -2.35. The minimum atomic E-state index is 0.614. The van der Waals surface area contributed by atoms with Crippen molar-refractivity contribution in [2.75, 3.05) is 24.5 Å². The van der Waals surface area contributed by atoms with Crippen LogP contribution < -0.4 is 10.2 Å². The predicted octanol–water partition coefficient (Wildman–Crippen LogP) is 2.36. The van der Waals surface area contributed by atoms with Crippen molar-refractivity contribution in [3.8, 4) is 0 Å². The standard InChI is InChI=1S/C15H26N4/c1-3-12-11-19(13-7-8-13)15(17-12)18(4-2)14-6-5-9-16-10-14/h11,13-14,16H,3-10H2,1-2H3. The van der Waals surface area contributed by atoms with Crippen LogP contribution >= 0.6 is 0 Å². The minimum Gasteiger partial charge on any atom is -0.338 e. The van der Waals surface area contributed by atoms with Crippen LogP contribution in [0.15, 0.2) is 6.20 Å².